The zero-order valence-electron chi connectivity index (χ0n) is 11.6. The van der Waals surface area contributed by atoms with Crippen LogP contribution in [0.4, 0.5) is 4.79 Å². The quantitative estimate of drug-likeness (QED) is 0.747. The monoisotopic (exact) mass is 295 g/mol. The first-order valence-corrected chi connectivity index (χ1v) is 7.80. The van der Waals surface area contributed by atoms with Crippen LogP contribution in [0, 0.1) is 5.92 Å². The van der Waals surface area contributed by atoms with Crippen molar-refractivity contribution >= 4 is 16.2 Å². The summed E-state index contributed by atoms with van der Waals surface area (Å²) < 4.78 is 31.6. The molecular formula is C11H21NO6S. The molecule has 7 nitrogen and oxygen atoms in total. The van der Waals surface area contributed by atoms with Gasteiger partial charge < -0.3 is 14.7 Å². The molecule has 112 valence electrons. The van der Waals surface area contributed by atoms with Crippen LogP contribution < -0.4 is 0 Å². The van der Waals surface area contributed by atoms with Gasteiger partial charge in [-0.15, -0.1) is 0 Å². The van der Waals surface area contributed by atoms with E-state index in [9.17, 15) is 18.3 Å². The average molecular weight is 295 g/mol. The van der Waals surface area contributed by atoms with E-state index in [1.54, 1.807) is 20.8 Å². The number of likely N-dealkylation sites (tertiary alicyclic amines) is 1. The molecule has 1 N–H and O–H groups in total. The molecule has 1 amide bonds. The minimum Gasteiger partial charge on any atom is -0.444 e. The van der Waals surface area contributed by atoms with Crippen molar-refractivity contribution in [3.05, 3.63) is 0 Å². The van der Waals surface area contributed by atoms with Gasteiger partial charge in [0.1, 0.15) is 5.60 Å². The van der Waals surface area contributed by atoms with E-state index in [1.165, 1.54) is 4.90 Å². The normalized spacial score (nSPS) is 24.6. The summed E-state index contributed by atoms with van der Waals surface area (Å²) in [4.78, 5) is 13.1. The number of hydrogen-bond acceptors (Lipinski definition) is 6. The molecular weight excluding hydrogens is 274 g/mol. The summed E-state index contributed by atoms with van der Waals surface area (Å²) in [5.41, 5.74) is -0.608. The molecule has 0 unspecified atom stereocenters. The lowest BCUT2D eigenvalue weighted by molar-refractivity contribution is 0.0269. The number of β-amino-alcohol motifs (C(OH)–C–C–N with tert-alkyl or cyclic N) is 1. The Kier molecular flexibility index (Phi) is 4.81. The topological polar surface area (TPSA) is 93.1 Å². The number of carbonyl (C=O) groups is 1. The maximum Gasteiger partial charge on any atom is 0.410 e. The molecule has 19 heavy (non-hydrogen) atoms. The number of amides is 1. The lowest BCUT2D eigenvalue weighted by Crippen LogP contribution is -2.36. The Morgan fingerprint density at radius 2 is 1.95 bits per heavy atom. The Hall–Kier alpha value is -0.860. The van der Waals surface area contributed by atoms with Gasteiger partial charge in [0.2, 0.25) is 0 Å². The number of ether oxygens (including phenoxy) is 1. The van der Waals surface area contributed by atoms with Gasteiger partial charge in [0, 0.05) is 12.5 Å². The van der Waals surface area contributed by atoms with Crippen LogP contribution in [0.2, 0.25) is 0 Å². The number of aliphatic hydroxyl groups is 1. The smallest absolute Gasteiger partial charge is 0.410 e. The van der Waals surface area contributed by atoms with Crippen molar-refractivity contribution in [1.82, 2.24) is 4.90 Å². The fourth-order valence-electron chi connectivity index (χ4n) is 1.70. The van der Waals surface area contributed by atoms with Gasteiger partial charge in [-0.05, 0) is 20.8 Å². The van der Waals surface area contributed by atoms with Gasteiger partial charge in [-0.3, -0.25) is 4.18 Å². The highest BCUT2D eigenvalue weighted by Gasteiger charge is 2.36. The lowest BCUT2D eigenvalue weighted by Gasteiger charge is -2.24. The second-order valence-electron chi connectivity index (χ2n) is 5.70. The van der Waals surface area contributed by atoms with Gasteiger partial charge in [0.15, 0.2) is 0 Å². The van der Waals surface area contributed by atoms with Crippen LogP contribution in [0.25, 0.3) is 0 Å². The number of aliphatic hydroxyl groups excluding tert-OH is 1. The Labute approximate surface area is 113 Å². The van der Waals surface area contributed by atoms with E-state index in [0.29, 0.717) is 0 Å². The highest BCUT2D eigenvalue weighted by molar-refractivity contribution is 7.85. The zero-order valence-corrected chi connectivity index (χ0v) is 12.4. The van der Waals surface area contributed by atoms with Crippen LogP contribution in [0.1, 0.15) is 20.8 Å². The van der Waals surface area contributed by atoms with Gasteiger partial charge >= 0.3 is 6.09 Å². The molecule has 0 aromatic rings. The summed E-state index contributed by atoms with van der Waals surface area (Å²) in [6, 6.07) is 0. The van der Waals surface area contributed by atoms with E-state index < -0.39 is 33.8 Å². The second-order valence-corrected chi connectivity index (χ2v) is 7.35. The Bertz CT molecular complexity index is 427. The van der Waals surface area contributed by atoms with E-state index in [4.69, 9.17) is 4.74 Å². The van der Waals surface area contributed by atoms with E-state index in [2.05, 4.69) is 4.18 Å². The van der Waals surface area contributed by atoms with Crippen LogP contribution >= 0.6 is 0 Å². The highest BCUT2D eigenvalue weighted by atomic mass is 32.2. The predicted molar refractivity (Wildman–Crippen MR) is 68.1 cm³/mol. The summed E-state index contributed by atoms with van der Waals surface area (Å²) in [7, 11) is -3.55. The summed E-state index contributed by atoms with van der Waals surface area (Å²) >= 11 is 0. The third kappa shape index (κ3) is 5.75. The van der Waals surface area contributed by atoms with Gasteiger partial charge in [-0.2, -0.15) is 8.42 Å². The third-order valence-corrected chi connectivity index (χ3v) is 3.12. The van der Waals surface area contributed by atoms with Crippen molar-refractivity contribution < 1.29 is 27.2 Å². The van der Waals surface area contributed by atoms with E-state index >= 15 is 0 Å². The molecule has 1 saturated heterocycles. The number of rotatable bonds is 3. The summed E-state index contributed by atoms with van der Waals surface area (Å²) in [5, 5.41) is 9.78. The van der Waals surface area contributed by atoms with Crippen molar-refractivity contribution in [2.24, 2.45) is 5.92 Å². The number of hydrogen-bond donors (Lipinski definition) is 1. The van der Waals surface area contributed by atoms with Gasteiger partial charge in [0.05, 0.1) is 25.5 Å². The SMILES string of the molecule is CC(C)(C)OC(=O)N1C[C@@H](COS(C)(=O)=O)[C@H](O)C1. The second kappa shape index (κ2) is 5.64. The molecule has 2 atom stereocenters. The summed E-state index contributed by atoms with van der Waals surface area (Å²) in [6.07, 6.45) is -0.386. The van der Waals surface area contributed by atoms with E-state index in [-0.39, 0.29) is 19.7 Å². The van der Waals surface area contributed by atoms with E-state index in [1.807, 2.05) is 0 Å². The molecule has 0 spiro atoms. The molecule has 0 aliphatic carbocycles. The minimum atomic E-state index is -3.55. The number of nitrogens with zero attached hydrogens (tertiary/aromatic N) is 1. The third-order valence-electron chi connectivity index (χ3n) is 2.55. The average Bonchev–Trinajstić information content (AvgIpc) is 2.53. The first-order chi connectivity index (χ1) is 8.48. The Morgan fingerprint density at radius 3 is 2.42 bits per heavy atom. The minimum absolute atomic E-state index is 0.118. The number of carbonyl (C=O) groups excluding carboxylic acids is 1. The van der Waals surface area contributed by atoms with Crippen molar-refractivity contribution in [3.8, 4) is 0 Å². The standard InChI is InChI=1S/C11H21NO6S/c1-11(2,3)18-10(14)12-5-8(9(13)6-12)7-17-19(4,15)16/h8-9,13H,5-7H2,1-4H3/t8-,9+/m0/s1. The first kappa shape index (κ1) is 16.2. The molecule has 1 aliphatic rings. The lowest BCUT2D eigenvalue weighted by atomic mass is 10.1. The fraction of sp³-hybridized carbons (Fsp3) is 0.909. The maximum absolute atomic E-state index is 11.8. The largest absolute Gasteiger partial charge is 0.444 e. The van der Waals surface area contributed by atoms with E-state index in [0.717, 1.165) is 6.26 Å². The van der Waals surface area contributed by atoms with Crippen molar-refractivity contribution in [1.29, 1.82) is 0 Å². The predicted octanol–water partition coefficient (Wildman–Crippen LogP) is 0.190. The highest BCUT2D eigenvalue weighted by Crippen LogP contribution is 2.20. The molecule has 0 bridgehead atoms. The molecule has 1 heterocycles. The first-order valence-electron chi connectivity index (χ1n) is 5.98. The fourth-order valence-corrected chi connectivity index (χ4v) is 2.13. The van der Waals surface area contributed by atoms with Crippen LogP contribution in [-0.4, -0.2) is 62.2 Å². The molecule has 0 aromatic carbocycles. The molecule has 0 saturated carbocycles. The van der Waals surface area contributed by atoms with Gasteiger partial charge in [-0.1, -0.05) is 0 Å². The Balaban J connectivity index is 2.53. The van der Waals surface area contributed by atoms with Crippen LogP contribution in [0.3, 0.4) is 0 Å². The van der Waals surface area contributed by atoms with Crippen molar-refractivity contribution in [3.63, 3.8) is 0 Å². The molecule has 0 aromatic heterocycles. The van der Waals surface area contributed by atoms with Crippen LogP contribution in [0.15, 0.2) is 0 Å². The molecule has 1 aliphatic heterocycles. The molecule has 1 fully saturated rings. The zero-order chi connectivity index (χ0) is 14.8. The Morgan fingerprint density at radius 1 is 1.37 bits per heavy atom. The summed E-state index contributed by atoms with van der Waals surface area (Å²) in [5.74, 6) is -0.428. The molecule has 1 rings (SSSR count). The van der Waals surface area contributed by atoms with Gasteiger partial charge in [0.25, 0.3) is 10.1 Å². The van der Waals surface area contributed by atoms with Crippen LogP contribution in [0.5, 0.6) is 0 Å². The van der Waals surface area contributed by atoms with Crippen molar-refractivity contribution in [2.75, 3.05) is 26.0 Å². The molecule has 8 heteroatoms. The van der Waals surface area contributed by atoms with Crippen LogP contribution in [-0.2, 0) is 19.0 Å². The van der Waals surface area contributed by atoms with Crippen molar-refractivity contribution in [2.45, 2.75) is 32.5 Å². The summed E-state index contributed by atoms with van der Waals surface area (Å²) in [6.45, 7) is 5.45. The van der Waals surface area contributed by atoms with Gasteiger partial charge in [-0.25, -0.2) is 4.79 Å². The molecule has 0 radical (unpaired) electrons. The maximum atomic E-state index is 11.8.